The zero-order chi connectivity index (χ0) is 16.5. The van der Waals surface area contributed by atoms with Crippen molar-refractivity contribution in [3.63, 3.8) is 0 Å². The van der Waals surface area contributed by atoms with Crippen molar-refractivity contribution < 1.29 is 14.3 Å². The van der Waals surface area contributed by atoms with Crippen LogP contribution in [0.5, 0.6) is 0 Å². The van der Waals surface area contributed by atoms with Gasteiger partial charge in [0.2, 0.25) is 0 Å². The normalized spacial score (nSPS) is 11.7. The van der Waals surface area contributed by atoms with Crippen molar-refractivity contribution in [1.29, 1.82) is 0 Å². The molecule has 0 radical (unpaired) electrons. The van der Waals surface area contributed by atoms with Crippen LogP contribution < -0.4 is 5.73 Å². The van der Waals surface area contributed by atoms with Crippen LogP contribution in [0.4, 0.5) is 0 Å². The number of hydrogen-bond acceptors (Lipinski definition) is 4. The van der Waals surface area contributed by atoms with Gasteiger partial charge in [0.05, 0.1) is 12.5 Å². The second-order valence-corrected chi connectivity index (χ2v) is 5.43. The molecule has 4 nitrogen and oxygen atoms in total. The van der Waals surface area contributed by atoms with Crippen molar-refractivity contribution in [3.8, 4) is 0 Å². The minimum atomic E-state index is -0.503. The van der Waals surface area contributed by atoms with Gasteiger partial charge in [-0.3, -0.25) is 9.59 Å². The summed E-state index contributed by atoms with van der Waals surface area (Å²) in [6, 6.07) is 19.1. The average Bonchev–Trinajstić information content (AvgIpc) is 2.60. The topological polar surface area (TPSA) is 69.4 Å². The molecule has 2 aromatic rings. The maximum Gasteiger partial charge on any atom is 0.310 e. The van der Waals surface area contributed by atoms with E-state index in [2.05, 4.69) is 0 Å². The first kappa shape index (κ1) is 16.9. The lowest BCUT2D eigenvalue weighted by molar-refractivity contribution is -0.151. The lowest BCUT2D eigenvalue weighted by atomic mass is 9.94. The van der Waals surface area contributed by atoms with Gasteiger partial charge in [0.15, 0.2) is 0 Å². The molecule has 0 amide bonds. The van der Waals surface area contributed by atoms with Gasteiger partial charge < -0.3 is 10.5 Å². The van der Waals surface area contributed by atoms with Gasteiger partial charge >= 0.3 is 5.97 Å². The fraction of sp³-hybridized carbons (Fsp3) is 0.263. The van der Waals surface area contributed by atoms with Crippen molar-refractivity contribution in [3.05, 3.63) is 71.8 Å². The first-order valence-electron chi connectivity index (χ1n) is 7.65. The minimum Gasteiger partial charge on any atom is -0.461 e. The molecule has 0 heterocycles. The van der Waals surface area contributed by atoms with Crippen molar-refractivity contribution in [2.24, 2.45) is 11.7 Å². The first-order chi connectivity index (χ1) is 11.2. The maximum absolute atomic E-state index is 12.4. The monoisotopic (exact) mass is 311 g/mol. The zero-order valence-corrected chi connectivity index (χ0v) is 13.0. The molecule has 0 fully saturated rings. The van der Waals surface area contributed by atoms with Crippen LogP contribution in [0.3, 0.4) is 0 Å². The highest BCUT2D eigenvalue weighted by Gasteiger charge is 2.23. The molecule has 1 atom stereocenters. The summed E-state index contributed by atoms with van der Waals surface area (Å²) in [5.41, 5.74) is 7.30. The summed E-state index contributed by atoms with van der Waals surface area (Å²) in [5.74, 6) is -1.00. The molecule has 23 heavy (non-hydrogen) atoms. The van der Waals surface area contributed by atoms with Crippen molar-refractivity contribution in [2.45, 2.75) is 19.4 Å². The number of ether oxygens (including phenoxy) is 1. The minimum absolute atomic E-state index is 0.0583. The van der Waals surface area contributed by atoms with Gasteiger partial charge in [0.25, 0.3) is 0 Å². The van der Waals surface area contributed by atoms with E-state index < -0.39 is 5.92 Å². The summed E-state index contributed by atoms with van der Waals surface area (Å²) in [6.45, 7) is 0.152. The molecule has 2 N–H and O–H groups in total. The van der Waals surface area contributed by atoms with E-state index in [9.17, 15) is 9.59 Å². The fourth-order valence-corrected chi connectivity index (χ4v) is 2.34. The summed E-state index contributed by atoms with van der Waals surface area (Å²) in [6.07, 6.45) is 0.583. The van der Waals surface area contributed by atoms with Gasteiger partial charge in [-0.15, -0.1) is 0 Å². The predicted molar refractivity (Wildman–Crippen MR) is 88.6 cm³/mol. The highest BCUT2D eigenvalue weighted by Crippen LogP contribution is 2.16. The molecule has 0 spiro atoms. The third-order valence-electron chi connectivity index (χ3n) is 3.58. The molecule has 0 bridgehead atoms. The summed E-state index contributed by atoms with van der Waals surface area (Å²) < 4.78 is 5.38. The molecule has 2 rings (SSSR count). The Bertz CT molecular complexity index is 626. The Morgan fingerprint density at radius 1 is 0.913 bits per heavy atom. The Morgan fingerprint density at radius 3 is 2.04 bits per heavy atom. The highest BCUT2D eigenvalue weighted by atomic mass is 16.5. The Morgan fingerprint density at radius 2 is 1.48 bits per heavy atom. The van der Waals surface area contributed by atoms with Crippen LogP contribution in [-0.4, -0.2) is 18.3 Å². The molecule has 0 aromatic heterocycles. The number of carbonyl (C=O) groups is 2. The number of esters is 1. The number of hydrogen-bond donors (Lipinski definition) is 1. The fourth-order valence-electron chi connectivity index (χ4n) is 2.34. The third kappa shape index (κ3) is 5.68. The smallest absolute Gasteiger partial charge is 0.310 e. The molecule has 120 valence electrons. The molecule has 0 aliphatic carbocycles. The van der Waals surface area contributed by atoms with E-state index in [-0.39, 0.29) is 31.3 Å². The van der Waals surface area contributed by atoms with Crippen LogP contribution in [0.1, 0.15) is 17.5 Å². The summed E-state index contributed by atoms with van der Waals surface area (Å²) >= 11 is 0. The first-order valence-corrected chi connectivity index (χ1v) is 7.65. The van der Waals surface area contributed by atoms with Crippen LogP contribution in [0, 0.1) is 5.92 Å². The molecular weight excluding hydrogens is 290 g/mol. The van der Waals surface area contributed by atoms with E-state index in [0.29, 0.717) is 6.42 Å². The van der Waals surface area contributed by atoms with E-state index in [4.69, 9.17) is 10.5 Å². The number of carbonyl (C=O) groups excluding carboxylic acids is 2. The zero-order valence-electron chi connectivity index (χ0n) is 13.0. The largest absolute Gasteiger partial charge is 0.461 e. The van der Waals surface area contributed by atoms with E-state index in [1.54, 1.807) is 0 Å². The van der Waals surface area contributed by atoms with Crippen LogP contribution >= 0.6 is 0 Å². The number of ketones is 1. The van der Waals surface area contributed by atoms with E-state index >= 15 is 0 Å². The third-order valence-corrected chi connectivity index (χ3v) is 3.58. The van der Waals surface area contributed by atoms with Gasteiger partial charge in [-0.25, -0.2) is 0 Å². The average molecular weight is 311 g/mol. The van der Waals surface area contributed by atoms with Crippen LogP contribution in [0.2, 0.25) is 0 Å². The number of rotatable bonds is 8. The standard InChI is InChI=1S/C19H21NO3/c20-13-18(21)12-17(11-15-7-3-1-4-8-15)19(22)23-14-16-9-5-2-6-10-16/h1-10,17H,11-14,20H2/t17-/m1/s1. The Balaban J connectivity index is 2.00. The maximum atomic E-state index is 12.4. The number of Topliss-reactive ketones (excluding diaryl/α,β-unsaturated/α-hetero) is 1. The summed E-state index contributed by atoms with van der Waals surface area (Å²) in [4.78, 5) is 24.0. The molecule has 0 aliphatic rings. The molecule has 2 aromatic carbocycles. The van der Waals surface area contributed by atoms with E-state index in [0.717, 1.165) is 11.1 Å². The number of nitrogens with two attached hydrogens (primary N) is 1. The van der Waals surface area contributed by atoms with Crippen LogP contribution in [0.25, 0.3) is 0 Å². The Kier molecular flexibility index (Phi) is 6.51. The van der Waals surface area contributed by atoms with Gasteiger partial charge in [-0.2, -0.15) is 0 Å². The van der Waals surface area contributed by atoms with Crippen molar-refractivity contribution in [1.82, 2.24) is 0 Å². The predicted octanol–water partition coefficient (Wildman–Crippen LogP) is 2.51. The second-order valence-electron chi connectivity index (χ2n) is 5.43. The number of benzene rings is 2. The SMILES string of the molecule is NCC(=O)C[C@@H](Cc1ccccc1)C(=O)OCc1ccccc1. The Hall–Kier alpha value is -2.46. The molecular formula is C19H21NO3. The lowest BCUT2D eigenvalue weighted by Crippen LogP contribution is -2.26. The van der Waals surface area contributed by atoms with Gasteiger partial charge in [0.1, 0.15) is 12.4 Å². The second kappa shape index (κ2) is 8.86. The quantitative estimate of drug-likeness (QED) is 0.761. The van der Waals surface area contributed by atoms with Crippen molar-refractivity contribution in [2.75, 3.05) is 6.54 Å². The molecule has 0 aliphatic heterocycles. The molecule has 0 saturated carbocycles. The van der Waals surface area contributed by atoms with Gasteiger partial charge in [-0.05, 0) is 17.5 Å². The van der Waals surface area contributed by atoms with Crippen LogP contribution in [0.15, 0.2) is 60.7 Å². The molecule has 4 heteroatoms. The molecule has 0 saturated heterocycles. The Labute approximate surface area is 136 Å². The van der Waals surface area contributed by atoms with Gasteiger partial charge in [-0.1, -0.05) is 60.7 Å². The van der Waals surface area contributed by atoms with E-state index in [1.807, 2.05) is 60.7 Å². The lowest BCUT2D eigenvalue weighted by Gasteiger charge is -2.15. The molecule has 0 unspecified atom stereocenters. The van der Waals surface area contributed by atoms with Crippen molar-refractivity contribution >= 4 is 11.8 Å². The summed E-state index contributed by atoms with van der Waals surface area (Å²) in [5, 5.41) is 0. The van der Waals surface area contributed by atoms with Gasteiger partial charge in [0, 0.05) is 6.42 Å². The summed E-state index contributed by atoms with van der Waals surface area (Å²) in [7, 11) is 0. The van der Waals surface area contributed by atoms with Crippen LogP contribution in [-0.2, 0) is 27.4 Å². The highest BCUT2D eigenvalue weighted by molar-refractivity contribution is 5.85. The van der Waals surface area contributed by atoms with E-state index in [1.165, 1.54) is 0 Å².